The van der Waals surface area contributed by atoms with Gasteiger partial charge in [-0.1, -0.05) is 20.3 Å². The van der Waals surface area contributed by atoms with E-state index in [9.17, 15) is 0 Å². The molecule has 2 unspecified atom stereocenters. The molecule has 0 aliphatic heterocycles. The molecular formula is C16H29BrN4. The lowest BCUT2D eigenvalue weighted by atomic mass is 9.92. The molecule has 0 spiro atoms. The van der Waals surface area contributed by atoms with E-state index in [0.29, 0.717) is 12.0 Å². The van der Waals surface area contributed by atoms with Crippen LogP contribution in [0.2, 0.25) is 0 Å². The van der Waals surface area contributed by atoms with E-state index >= 15 is 0 Å². The minimum absolute atomic E-state index is 0.563. The molecule has 5 heteroatoms. The lowest BCUT2D eigenvalue weighted by Gasteiger charge is -2.23. The first-order chi connectivity index (χ1) is 9.99. The molecule has 0 bridgehead atoms. The standard InChI is InChI=1S/C16H29BrN4/c1-12(2)18-10-13-6-5-7-14(13)16-15(17)11-19-21(16)9-8-20(3)4/h11-14,18H,5-10H2,1-4H3. The first-order valence-electron chi connectivity index (χ1n) is 8.08. The molecule has 2 rings (SSSR count). The average molecular weight is 357 g/mol. The van der Waals surface area contributed by atoms with Gasteiger partial charge in [0.15, 0.2) is 0 Å². The van der Waals surface area contributed by atoms with Gasteiger partial charge in [-0.05, 0) is 55.3 Å². The Labute approximate surface area is 137 Å². The average Bonchev–Trinajstić information content (AvgIpc) is 2.99. The first kappa shape index (κ1) is 17.0. The molecule has 2 atom stereocenters. The second kappa shape index (κ2) is 7.75. The molecule has 1 N–H and O–H groups in total. The highest BCUT2D eigenvalue weighted by molar-refractivity contribution is 9.10. The number of hydrogen-bond donors (Lipinski definition) is 1. The van der Waals surface area contributed by atoms with Gasteiger partial charge < -0.3 is 10.2 Å². The van der Waals surface area contributed by atoms with Crippen molar-refractivity contribution in [3.63, 3.8) is 0 Å². The zero-order valence-corrected chi connectivity index (χ0v) is 15.4. The van der Waals surface area contributed by atoms with Gasteiger partial charge in [-0.15, -0.1) is 0 Å². The predicted octanol–water partition coefficient (Wildman–Crippen LogP) is 3.09. The van der Waals surface area contributed by atoms with E-state index < -0.39 is 0 Å². The maximum Gasteiger partial charge on any atom is 0.0635 e. The third kappa shape index (κ3) is 4.54. The van der Waals surface area contributed by atoms with Gasteiger partial charge in [0.1, 0.15) is 0 Å². The summed E-state index contributed by atoms with van der Waals surface area (Å²) < 4.78 is 3.39. The van der Waals surface area contributed by atoms with Gasteiger partial charge in [-0.2, -0.15) is 5.10 Å². The normalized spacial score (nSPS) is 22.6. The van der Waals surface area contributed by atoms with Crippen LogP contribution in [0.4, 0.5) is 0 Å². The van der Waals surface area contributed by atoms with E-state index in [2.05, 4.69) is 63.9 Å². The summed E-state index contributed by atoms with van der Waals surface area (Å²) in [6, 6.07) is 0.563. The molecule has 1 aromatic rings. The van der Waals surface area contributed by atoms with Gasteiger partial charge in [0.2, 0.25) is 0 Å². The molecule has 1 aromatic heterocycles. The molecule has 0 amide bonds. The van der Waals surface area contributed by atoms with Crippen molar-refractivity contribution in [1.82, 2.24) is 20.0 Å². The predicted molar refractivity (Wildman–Crippen MR) is 91.7 cm³/mol. The lowest BCUT2D eigenvalue weighted by molar-refractivity contribution is 0.355. The summed E-state index contributed by atoms with van der Waals surface area (Å²) in [6.45, 7) is 7.56. The quantitative estimate of drug-likeness (QED) is 0.814. The summed E-state index contributed by atoms with van der Waals surface area (Å²) in [5.41, 5.74) is 1.41. The number of rotatable bonds is 7. The second-order valence-electron chi connectivity index (χ2n) is 6.76. The van der Waals surface area contributed by atoms with Gasteiger partial charge in [0.25, 0.3) is 0 Å². The van der Waals surface area contributed by atoms with Crippen molar-refractivity contribution in [1.29, 1.82) is 0 Å². The number of halogens is 1. The smallest absolute Gasteiger partial charge is 0.0635 e. The lowest BCUT2D eigenvalue weighted by Crippen LogP contribution is -2.31. The molecule has 1 heterocycles. The Morgan fingerprint density at radius 3 is 2.86 bits per heavy atom. The molecular weight excluding hydrogens is 328 g/mol. The van der Waals surface area contributed by atoms with Crippen molar-refractivity contribution >= 4 is 15.9 Å². The summed E-state index contributed by atoms with van der Waals surface area (Å²) in [7, 11) is 4.23. The number of hydrogen-bond acceptors (Lipinski definition) is 3. The number of nitrogens with zero attached hydrogens (tertiary/aromatic N) is 3. The van der Waals surface area contributed by atoms with Crippen LogP contribution in [0.3, 0.4) is 0 Å². The van der Waals surface area contributed by atoms with Gasteiger partial charge in [-0.25, -0.2) is 0 Å². The van der Waals surface area contributed by atoms with Crippen LogP contribution in [0.15, 0.2) is 10.7 Å². The van der Waals surface area contributed by atoms with E-state index in [1.807, 2.05) is 6.20 Å². The van der Waals surface area contributed by atoms with Crippen LogP contribution < -0.4 is 5.32 Å². The Hall–Kier alpha value is -0.390. The van der Waals surface area contributed by atoms with Crippen LogP contribution in [-0.4, -0.2) is 47.9 Å². The largest absolute Gasteiger partial charge is 0.314 e. The summed E-state index contributed by atoms with van der Waals surface area (Å²) in [5.74, 6) is 1.37. The van der Waals surface area contributed by atoms with Crippen LogP contribution in [0.5, 0.6) is 0 Å². The molecule has 0 saturated heterocycles. The van der Waals surface area contributed by atoms with Crippen LogP contribution in [0.25, 0.3) is 0 Å². The van der Waals surface area contributed by atoms with Crippen LogP contribution in [-0.2, 0) is 6.54 Å². The highest BCUT2D eigenvalue weighted by Crippen LogP contribution is 2.41. The van der Waals surface area contributed by atoms with Gasteiger partial charge in [-0.3, -0.25) is 4.68 Å². The van der Waals surface area contributed by atoms with Gasteiger partial charge >= 0.3 is 0 Å². The minimum atomic E-state index is 0.563. The molecule has 1 aliphatic carbocycles. The van der Waals surface area contributed by atoms with Crippen LogP contribution >= 0.6 is 15.9 Å². The number of likely N-dealkylation sites (N-methyl/N-ethyl adjacent to an activating group) is 1. The zero-order valence-electron chi connectivity index (χ0n) is 13.8. The van der Waals surface area contributed by atoms with E-state index in [1.54, 1.807) is 0 Å². The fourth-order valence-electron chi connectivity index (χ4n) is 3.24. The maximum absolute atomic E-state index is 4.58. The summed E-state index contributed by atoms with van der Waals surface area (Å²) >= 11 is 3.72. The summed E-state index contributed by atoms with van der Waals surface area (Å²) in [5, 5.41) is 8.20. The number of nitrogens with one attached hydrogen (secondary N) is 1. The molecule has 0 radical (unpaired) electrons. The van der Waals surface area contributed by atoms with Crippen molar-refractivity contribution in [2.75, 3.05) is 27.2 Å². The molecule has 4 nitrogen and oxygen atoms in total. The summed E-state index contributed by atoms with van der Waals surface area (Å²) in [6.07, 6.45) is 5.92. The monoisotopic (exact) mass is 356 g/mol. The Morgan fingerprint density at radius 1 is 1.43 bits per heavy atom. The Kier molecular flexibility index (Phi) is 6.26. The maximum atomic E-state index is 4.58. The van der Waals surface area contributed by atoms with Crippen molar-refractivity contribution in [3.8, 4) is 0 Å². The minimum Gasteiger partial charge on any atom is -0.314 e. The van der Waals surface area contributed by atoms with Crippen LogP contribution in [0, 0.1) is 5.92 Å². The molecule has 1 saturated carbocycles. The molecule has 120 valence electrons. The van der Waals surface area contributed by atoms with Gasteiger partial charge in [0, 0.05) is 18.5 Å². The first-order valence-corrected chi connectivity index (χ1v) is 8.87. The SMILES string of the molecule is CC(C)NCC1CCCC1c1c(Br)cnn1CCN(C)C. The van der Waals surface area contributed by atoms with E-state index in [1.165, 1.54) is 29.4 Å². The zero-order chi connectivity index (χ0) is 15.4. The summed E-state index contributed by atoms with van der Waals surface area (Å²) in [4.78, 5) is 2.21. The van der Waals surface area contributed by atoms with Crippen molar-refractivity contribution in [2.45, 2.75) is 51.6 Å². The number of aromatic nitrogens is 2. The van der Waals surface area contributed by atoms with Crippen molar-refractivity contribution < 1.29 is 0 Å². The third-order valence-electron chi connectivity index (χ3n) is 4.39. The Bertz CT molecular complexity index is 441. The van der Waals surface area contributed by atoms with E-state index in [0.717, 1.165) is 25.6 Å². The Morgan fingerprint density at radius 2 is 2.19 bits per heavy atom. The van der Waals surface area contributed by atoms with E-state index in [4.69, 9.17) is 0 Å². The Balaban J connectivity index is 2.10. The second-order valence-corrected chi connectivity index (χ2v) is 7.62. The highest BCUT2D eigenvalue weighted by Gasteiger charge is 2.32. The van der Waals surface area contributed by atoms with Gasteiger partial charge in [0.05, 0.1) is 22.9 Å². The molecule has 21 heavy (non-hydrogen) atoms. The molecule has 1 fully saturated rings. The third-order valence-corrected chi connectivity index (χ3v) is 5.00. The highest BCUT2D eigenvalue weighted by atomic mass is 79.9. The fraction of sp³-hybridized carbons (Fsp3) is 0.812. The van der Waals surface area contributed by atoms with E-state index in [-0.39, 0.29) is 0 Å². The van der Waals surface area contributed by atoms with Crippen molar-refractivity contribution in [2.24, 2.45) is 5.92 Å². The topological polar surface area (TPSA) is 33.1 Å². The van der Waals surface area contributed by atoms with Crippen molar-refractivity contribution in [3.05, 3.63) is 16.4 Å². The molecule has 0 aromatic carbocycles. The fourth-order valence-corrected chi connectivity index (χ4v) is 3.83. The van der Waals surface area contributed by atoms with Crippen LogP contribution in [0.1, 0.15) is 44.7 Å². The molecule has 1 aliphatic rings.